The van der Waals surface area contributed by atoms with Gasteiger partial charge in [0.15, 0.2) is 0 Å². The first kappa shape index (κ1) is 13.5. The van der Waals surface area contributed by atoms with E-state index in [1.165, 1.54) is 24.8 Å². The van der Waals surface area contributed by atoms with Gasteiger partial charge in [0, 0.05) is 12.1 Å². The molecule has 1 aromatic rings. The van der Waals surface area contributed by atoms with Gasteiger partial charge in [0.25, 0.3) is 0 Å². The average molecular weight is 249 g/mol. The minimum Gasteiger partial charge on any atom is -0.307 e. The van der Waals surface area contributed by atoms with Gasteiger partial charge >= 0.3 is 0 Å². The highest BCUT2D eigenvalue weighted by atomic mass is 19.1. The van der Waals surface area contributed by atoms with Gasteiger partial charge in [0.05, 0.1) is 0 Å². The molecule has 0 heterocycles. The largest absolute Gasteiger partial charge is 0.307 e. The minimum atomic E-state index is -0.161. The first-order chi connectivity index (χ1) is 8.58. The number of benzene rings is 1. The SMILES string of the molecule is CC(NC1CCCC(C)C1C)c1ccc(F)cc1. The molecule has 1 aliphatic rings. The molecule has 0 bridgehead atoms. The Morgan fingerprint density at radius 2 is 1.83 bits per heavy atom. The van der Waals surface area contributed by atoms with Gasteiger partial charge in [-0.1, -0.05) is 38.8 Å². The third kappa shape index (κ3) is 3.11. The summed E-state index contributed by atoms with van der Waals surface area (Å²) in [6, 6.07) is 7.73. The van der Waals surface area contributed by atoms with E-state index in [-0.39, 0.29) is 5.82 Å². The van der Waals surface area contributed by atoms with Crippen LogP contribution in [0.15, 0.2) is 24.3 Å². The van der Waals surface area contributed by atoms with Crippen molar-refractivity contribution in [3.8, 4) is 0 Å². The summed E-state index contributed by atoms with van der Waals surface area (Å²) in [7, 11) is 0. The molecule has 2 heteroatoms. The van der Waals surface area contributed by atoms with E-state index >= 15 is 0 Å². The molecule has 1 aromatic carbocycles. The van der Waals surface area contributed by atoms with Crippen molar-refractivity contribution in [2.24, 2.45) is 11.8 Å². The van der Waals surface area contributed by atoms with E-state index in [2.05, 4.69) is 26.1 Å². The maximum atomic E-state index is 12.9. The van der Waals surface area contributed by atoms with Crippen molar-refractivity contribution < 1.29 is 4.39 Å². The van der Waals surface area contributed by atoms with E-state index < -0.39 is 0 Å². The van der Waals surface area contributed by atoms with Crippen LogP contribution in [0.25, 0.3) is 0 Å². The normalized spacial score (nSPS) is 30.1. The highest BCUT2D eigenvalue weighted by Crippen LogP contribution is 2.31. The Labute approximate surface area is 110 Å². The number of hydrogen-bond acceptors (Lipinski definition) is 1. The van der Waals surface area contributed by atoms with Crippen LogP contribution in [0.3, 0.4) is 0 Å². The second kappa shape index (κ2) is 5.83. The Balaban J connectivity index is 1.98. The van der Waals surface area contributed by atoms with Crippen LogP contribution < -0.4 is 5.32 Å². The zero-order valence-corrected chi connectivity index (χ0v) is 11.6. The quantitative estimate of drug-likeness (QED) is 0.842. The molecule has 18 heavy (non-hydrogen) atoms. The molecule has 1 saturated carbocycles. The summed E-state index contributed by atoms with van der Waals surface area (Å²) < 4.78 is 12.9. The fourth-order valence-corrected chi connectivity index (χ4v) is 2.99. The lowest BCUT2D eigenvalue weighted by molar-refractivity contribution is 0.196. The minimum absolute atomic E-state index is 0.161. The Kier molecular flexibility index (Phi) is 4.39. The van der Waals surface area contributed by atoms with Gasteiger partial charge in [0.2, 0.25) is 0 Å². The number of nitrogens with one attached hydrogen (secondary N) is 1. The zero-order valence-electron chi connectivity index (χ0n) is 11.6. The molecule has 0 amide bonds. The predicted molar refractivity (Wildman–Crippen MR) is 73.9 cm³/mol. The van der Waals surface area contributed by atoms with Crippen LogP contribution in [0.2, 0.25) is 0 Å². The molecule has 0 aliphatic heterocycles. The van der Waals surface area contributed by atoms with Crippen LogP contribution in [-0.2, 0) is 0 Å². The number of rotatable bonds is 3. The van der Waals surface area contributed by atoms with Crippen molar-refractivity contribution in [3.63, 3.8) is 0 Å². The standard InChI is InChI=1S/C16H24FN/c1-11-5-4-6-16(12(11)2)18-13(3)14-7-9-15(17)10-8-14/h7-13,16,18H,4-6H2,1-3H3. The summed E-state index contributed by atoms with van der Waals surface area (Å²) in [5, 5.41) is 3.71. The summed E-state index contributed by atoms with van der Waals surface area (Å²) in [5.74, 6) is 1.36. The lowest BCUT2D eigenvalue weighted by atomic mass is 9.77. The van der Waals surface area contributed by atoms with Gasteiger partial charge < -0.3 is 5.32 Å². The van der Waals surface area contributed by atoms with Gasteiger partial charge in [-0.15, -0.1) is 0 Å². The van der Waals surface area contributed by atoms with Crippen LogP contribution in [0.4, 0.5) is 4.39 Å². The molecule has 1 nitrogen and oxygen atoms in total. The van der Waals surface area contributed by atoms with Crippen molar-refractivity contribution in [2.75, 3.05) is 0 Å². The van der Waals surface area contributed by atoms with Crippen molar-refractivity contribution >= 4 is 0 Å². The monoisotopic (exact) mass is 249 g/mol. The molecule has 0 saturated heterocycles. The van der Waals surface area contributed by atoms with Gasteiger partial charge in [-0.3, -0.25) is 0 Å². The van der Waals surface area contributed by atoms with E-state index in [1.54, 1.807) is 12.1 Å². The zero-order chi connectivity index (χ0) is 13.1. The molecule has 0 spiro atoms. The van der Waals surface area contributed by atoms with Gasteiger partial charge in [-0.05, 0) is 42.9 Å². The highest BCUT2D eigenvalue weighted by molar-refractivity contribution is 5.19. The Morgan fingerprint density at radius 1 is 1.17 bits per heavy atom. The summed E-state index contributed by atoms with van der Waals surface area (Å²) in [4.78, 5) is 0. The van der Waals surface area contributed by atoms with Crippen LogP contribution in [-0.4, -0.2) is 6.04 Å². The molecule has 2 rings (SSSR count). The fraction of sp³-hybridized carbons (Fsp3) is 0.625. The molecule has 1 aliphatic carbocycles. The number of halogens is 1. The van der Waals surface area contributed by atoms with Crippen LogP contribution in [0.1, 0.15) is 51.6 Å². The molecule has 0 aromatic heterocycles. The van der Waals surface area contributed by atoms with E-state index in [0.29, 0.717) is 12.1 Å². The average Bonchev–Trinajstić information content (AvgIpc) is 2.36. The molecular formula is C16H24FN. The molecule has 1 N–H and O–H groups in total. The van der Waals surface area contributed by atoms with Crippen molar-refractivity contribution in [1.29, 1.82) is 0 Å². The van der Waals surface area contributed by atoms with Crippen molar-refractivity contribution in [1.82, 2.24) is 5.32 Å². The Bertz CT molecular complexity index is 373. The molecule has 0 radical (unpaired) electrons. The lowest BCUT2D eigenvalue weighted by Crippen LogP contribution is -2.41. The maximum absolute atomic E-state index is 12.9. The molecule has 4 atom stereocenters. The molecule has 100 valence electrons. The summed E-state index contributed by atoms with van der Waals surface area (Å²) >= 11 is 0. The second-order valence-electron chi connectivity index (χ2n) is 5.81. The van der Waals surface area contributed by atoms with Gasteiger partial charge in [0.1, 0.15) is 5.82 Å². The van der Waals surface area contributed by atoms with E-state index in [1.807, 2.05) is 12.1 Å². The Morgan fingerprint density at radius 3 is 2.50 bits per heavy atom. The molecular weight excluding hydrogens is 225 g/mol. The Hall–Kier alpha value is -0.890. The number of hydrogen-bond donors (Lipinski definition) is 1. The third-order valence-electron chi connectivity index (χ3n) is 4.54. The van der Waals surface area contributed by atoms with Crippen molar-refractivity contribution in [2.45, 2.75) is 52.1 Å². The third-order valence-corrected chi connectivity index (χ3v) is 4.54. The van der Waals surface area contributed by atoms with Crippen LogP contribution >= 0.6 is 0 Å². The predicted octanol–water partition coefficient (Wildman–Crippen LogP) is 4.30. The van der Waals surface area contributed by atoms with Crippen LogP contribution in [0, 0.1) is 17.7 Å². The van der Waals surface area contributed by atoms with Gasteiger partial charge in [-0.2, -0.15) is 0 Å². The van der Waals surface area contributed by atoms with E-state index in [9.17, 15) is 4.39 Å². The summed E-state index contributed by atoms with van der Waals surface area (Å²) in [6.45, 7) is 6.86. The van der Waals surface area contributed by atoms with Crippen molar-refractivity contribution in [3.05, 3.63) is 35.6 Å². The lowest BCUT2D eigenvalue weighted by Gasteiger charge is -2.36. The molecule has 4 unspecified atom stereocenters. The maximum Gasteiger partial charge on any atom is 0.123 e. The summed E-state index contributed by atoms with van der Waals surface area (Å²) in [6.07, 6.45) is 3.93. The second-order valence-corrected chi connectivity index (χ2v) is 5.81. The first-order valence-electron chi connectivity index (χ1n) is 7.09. The van der Waals surface area contributed by atoms with Gasteiger partial charge in [-0.25, -0.2) is 4.39 Å². The fourth-order valence-electron chi connectivity index (χ4n) is 2.99. The van der Waals surface area contributed by atoms with Crippen LogP contribution in [0.5, 0.6) is 0 Å². The highest BCUT2D eigenvalue weighted by Gasteiger charge is 2.27. The topological polar surface area (TPSA) is 12.0 Å². The molecule has 1 fully saturated rings. The summed E-state index contributed by atoms with van der Waals surface area (Å²) in [5.41, 5.74) is 1.17. The van der Waals surface area contributed by atoms with E-state index in [4.69, 9.17) is 0 Å². The first-order valence-corrected chi connectivity index (χ1v) is 7.09. The van der Waals surface area contributed by atoms with E-state index in [0.717, 1.165) is 11.8 Å². The smallest absolute Gasteiger partial charge is 0.123 e.